The van der Waals surface area contributed by atoms with Crippen LogP contribution in [0.2, 0.25) is 0 Å². The van der Waals surface area contributed by atoms with E-state index in [2.05, 4.69) is 10.4 Å². The average Bonchev–Trinajstić information content (AvgIpc) is 2.37. The smallest absolute Gasteiger partial charge is 0.262 e. The number of para-hydroxylation sites is 1. The van der Waals surface area contributed by atoms with Crippen LogP contribution in [0.1, 0.15) is 6.42 Å². The molecule has 0 saturated heterocycles. The van der Waals surface area contributed by atoms with Crippen molar-refractivity contribution in [1.29, 1.82) is 0 Å². The Balaban J connectivity index is 2.63. The molecule has 2 rings (SSSR count). The zero-order chi connectivity index (χ0) is 12.3. The van der Waals surface area contributed by atoms with Crippen molar-refractivity contribution in [2.45, 2.75) is 13.0 Å². The third kappa shape index (κ3) is 2.13. The fourth-order valence-electron chi connectivity index (χ4n) is 1.71. The molecule has 6 heteroatoms. The van der Waals surface area contributed by atoms with Gasteiger partial charge in [-0.1, -0.05) is 12.1 Å². The summed E-state index contributed by atoms with van der Waals surface area (Å²) in [5.74, 6) is 5.66. The second-order valence-corrected chi connectivity index (χ2v) is 3.63. The van der Waals surface area contributed by atoms with Crippen LogP contribution in [-0.4, -0.2) is 21.3 Å². The predicted molar refractivity (Wildman–Crippen MR) is 65.5 cm³/mol. The number of fused-ring (bicyclic) bond motifs is 1. The summed E-state index contributed by atoms with van der Waals surface area (Å²) >= 11 is 0. The molecule has 0 aliphatic rings. The normalized spacial score (nSPS) is 10.7. The number of nitrogens with two attached hydrogens (primary N) is 1. The number of benzene rings is 1. The number of nitrogen functional groups attached to an aromatic ring is 1. The van der Waals surface area contributed by atoms with Gasteiger partial charge >= 0.3 is 0 Å². The number of aliphatic hydroxyl groups is 1. The number of rotatable bonds is 4. The van der Waals surface area contributed by atoms with Gasteiger partial charge in [-0.2, -0.15) is 0 Å². The Morgan fingerprint density at radius 3 is 2.88 bits per heavy atom. The monoisotopic (exact) mass is 234 g/mol. The van der Waals surface area contributed by atoms with Crippen molar-refractivity contribution in [3.8, 4) is 0 Å². The van der Waals surface area contributed by atoms with E-state index < -0.39 is 0 Å². The Bertz CT molecular complexity index is 579. The van der Waals surface area contributed by atoms with E-state index in [1.165, 1.54) is 4.57 Å². The molecule has 4 N–H and O–H groups in total. The highest BCUT2D eigenvalue weighted by atomic mass is 16.3. The van der Waals surface area contributed by atoms with Crippen LogP contribution in [0.15, 0.2) is 29.1 Å². The molecule has 0 fully saturated rings. The first-order valence-electron chi connectivity index (χ1n) is 5.35. The second kappa shape index (κ2) is 4.94. The molecule has 0 bridgehead atoms. The first-order valence-corrected chi connectivity index (χ1v) is 5.35. The predicted octanol–water partition coefficient (Wildman–Crippen LogP) is 0.0645. The number of hydrogen-bond acceptors (Lipinski definition) is 5. The highest BCUT2D eigenvalue weighted by molar-refractivity contribution is 5.78. The van der Waals surface area contributed by atoms with E-state index in [0.29, 0.717) is 29.8 Å². The van der Waals surface area contributed by atoms with Gasteiger partial charge in [-0.15, -0.1) is 0 Å². The van der Waals surface area contributed by atoms with Gasteiger partial charge in [0.1, 0.15) is 0 Å². The zero-order valence-electron chi connectivity index (χ0n) is 9.26. The molecule has 0 radical (unpaired) electrons. The molecule has 0 unspecified atom stereocenters. The van der Waals surface area contributed by atoms with Crippen molar-refractivity contribution in [1.82, 2.24) is 9.55 Å². The van der Waals surface area contributed by atoms with Crippen molar-refractivity contribution >= 4 is 16.9 Å². The third-order valence-corrected chi connectivity index (χ3v) is 2.53. The van der Waals surface area contributed by atoms with Gasteiger partial charge in [0.25, 0.3) is 5.56 Å². The van der Waals surface area contributed by atoms with Crippen LogP contribution in [0, 0.1) is 0 Å². The number of hydrazine groups is 1. The zero-order valence-corrected chi connectivity index (χ0v) is 9.26. The fourth-order valence-corrected chi connectivity index (χ4v) is 1.71. The van der Waals surface area contributed by atoms with Crippen LogP contribution in [0.4, 0.5) is 5.95 Å². The molecule has 0 aliphatic carbocycles. The van der Waals surface area contributed by atoms with Crippen LogP contribution >= 0.6 is 0 Å². The Hall–Kier alpha value is -1.92. The minimum absolute atomic E-state index is 0.0171. The topological polar surface area (TPSA) is 93.2 Å². The number of hydrogen-bond donors (Lipinski definition) is 3. The van der Waals surface area contributed by atoms with E-state index in [0.717, 1.165) is 0 Å². The molecule has 17 heavy (non-hydrogen) atoms. The molecule has 1 heterocycles. The first-order chi connectivity index (χ1) is 8.27. The number of aliphatic hydroxyl groups excluding tert-OH is 1. The highest BCUT2D eigenvalue weighted by Gasteiger charge is 2.08. The van der Waals surface area contributed by atoms with Gasteiger partial charge in [-0.05, 0) is 18.6 Å². The van der Waals surface area contributed by atoms with Gasteiger partial charge in [0.15, 0.2) is 0 Å². The molecule has 0 saturated carbocycles. The summed E-state index contributed by atoms with van der Waals surface area (Å²) in [7, 11) is 0. The summed E-state index contributed by atoms with van der Waals surface area (Å²) in [6.45, 7) is 0.399. The van der Waals surface area contributed by atoms with Crippen molar-refractivity contribution in [2.75, 3.05) is 12.0 Å². The van der Waals surface area contributed by atoms with E-state index in [9.17, 15) is 4.79 Å². The minimum Gasteiger partial charge on any atom is -0.396 e. The van der Waals surface area contributed by atoms with Crippen LogP contribution in [-0.2, 0) is 6.54 Å². The standard InChI is InChI=1S/C11H14N4O2/c12-14-11-13-9-5-2-1-4-8(9)10(17)15(11)6-3-7-16/h1-2,4-5,16H,3,6-7,12H2,(H,13,14). The maximum atomic E-state index is 12.2. The van der Waals surface area contributed by atoms with Crippen molar-refractivity contribution < 1.29 is 5.11 Å². The van der Waals surface area contributed by atoms with Gasteiger partial charge in [0.2, 0.25) is 5.95 Å². The largest absolute Gasteiger partial charge is 0.396 e. The second-order valence-electron chi connectivity index (χ2n) is 3.63. The quantitative estimate of drug-likeness (QED) is 0.514. The summed E-state index contributed by atoms with van der Waals surface area (Å²) in [4.78, 5) is 16.4. The average molecular weight is 234 g/mol. The minimum atomic E-state index is -0.156. The van der Waals surface area contributed by atoms with Gasteiger partial charge in [-0.3, -0.25) is 14.8 Å². The van der Waals surface area contributed by atoms with E-state index in [4.69, 9.17) is 10.9 Å². The molecule has 1 aromatic carbocycles. The fraction of sp³-hybridized carbons (Fsp3) is 0.273. The summed E-state index contributed by atoms with van der Waals surface area (Å²) in [6.07, 6.45) is 0.481. The molecule has 0 amide bonds. The van der Waals surface area contributed by atoms with Crippen LogP contribution in [0.3, 0.4) is 0 Å². The Kier molecular flexibility index (Phi) is 3.36. The third-order valence-electron chi connectivity index (χ3n) is 2.53. The van der Waals surface area contributed by atoms with Gasteiger partial charge < -0.3 is 5.11 Å². The molecule has 0 aliphatic heterocycles. The van der Waals surface area contributed by atoms with Gasteiger partial charge in [-0.25, -0.2) is 10.8 Å². The van der Waals surface area contributed by atoms with Crippen LogP contribution in [0.25, 0.3) is 10.9 Å². The van der Waals surface area contributed by atoms with Gasteiger partial charge in [0, 0.05) is 13.2 Å². The molecule has 2 aromatic rings. The molecule has 0 atom stereocenters. The number of aromatic nitrogens is 2. The maximum absolute atomic E-state index is 12.2. The lowest BCUT2D eigenvalue weighted by molar-refractivity contribution is 0.279. The van der Waals surface area contributed by atoms with Crippen LogP contribution < -0.4 is 16.8 Å². The Morgan fingerprint density at radius 1 is 1.41 bits per heavy atom. The maximum Gasteiger partial charge on any atom is 0.262 e. The summed E-state index contributed by atoms with van der Waals surface area (Å²) in [5, 5.41) is 9.35. The lowest BCUT2D eigenvalue weighted by Crippen LogP contribution is -2.27. The van der Waals surface area contributed by atoms with Gasteiger partial charge in [0.05, 0.1) is 10.9 Å². The van der Waals surface area contributed by atoms with Crippen LogP contribution in [0.5, 0.6) is 0 Å². The van der Waals surface area contributed by atoms with Crippen molar-refractivity contribution in [3.63, 3.8) is 0 Å². The van der Waals surface area contributed by atoms with E-state index in [1.807, 2.05) is 6.07 Å². The van der Waals surface area contributed by atoms with Crippen molar-refractivity contribution in [2.24, 2.45) is 5.84 Å². The number of nitrogens with one attached hydrogen (secondary N) is 1. The van der Waals surface area contributed by atoms with E-state index in [1.54, 1.807) is 18.2 Å². The summed E-state index contributed by atoms with van der Waals surface area (Å²) < 4.78 is 1.43. The molecular formula is C11H14N4O2. The number of nitrogens with zero attached hydrogens (tertiary/aromatic N) is 2. The lowest BCUT2D eigenvalue weighted by atomic mass is 10.2. The Labute approximate surface area is 97.7 Å². The first kappa shape index (κ1) is 11.6. The van der Waals surface area contributed by atoms with Crippen molar-refractivity contribution in [3.05, 3.63) is 34.6 Å². The van der Waals surface area contributed by atoms with E-state index in [-0.39, 0.29) is 12.2 Å². The highest BCUT2D eigenvalue weighted by Crippen LogP contribution is 2.10. The molecule has 0 spiro atoms. The number of anilines is 1. The molecule has 6 nitrogen and oxygen atoms in total. The summed E-state index contributed by atoms with van der Waals surface area (Å²) in [5.41, 5.74) is 2.85. The molecule has 1 aromatic heterocycles. The Morgan fingerprint density at radius 2 is 2.18 bits per heavy atom. The molecular weight excluding hydrogens is 220 g/mol. The summed E-state index contributed by atoms with van der Waals surface area (Å²) in [6, 6.07) is 7.08. The SMILES string of the molecule is NNc1nc2ccccc2c(=O)n1CCCO. The lowest BCUT2D eigenvalue weighted by Gasteiger charge is -2.11. The molecule has 90 valence electrons. The van der Waals surface area contributed by atoms with E-state index >= 15 is 0 Å².